The van der Waals surface area contributed by atoms with Crippen molar-refractivity contribution < 1.29 is 4.74 Å². The molecule has 2 nitrogen and oxygen atoms in total. The van der Waals surface area contributed by atoms with Crippen molar-refractivity contribution in [1.29, 1.82) is 0 Å². The van der Waals surface area contributed by atoms with Crippen molar-refractivity contribution in [2.24, 2.45) is 5.73 Å². The molecule has 0 amide bonds. The normalized spacial score (nSPS) is 12.2. The summed E-state index contributed by atoms with van der Waals surface area (Å²) in [5.74, 6) is 1.12. The molecule has 2 aromatic rings. The van der Waals surface area contributed by atoms with Crippen LogP contribution in [0.5, 0.6) is 5.75 Å². The Labute approximate surface area is 133 Å². The highest BCUT2D eigenvalue weighted by Gasteiger charge is 2.12. The highest BCUT2D eigenvalue weighted by molar-refractivity contribution is 9.10. The zero-order chi connectivity index (χ0) is 14.5. The topological polar surface area (TPSA) is 35.2 Å². The summed E-state index contributed by atoms with van der Waals surface area (Å²) in [5, 5.41) is 0.747. The second-order valence-corrected chi connectivity index (χ2v) is 5.95. The van der Waals surface area contributed by atoms with Gasteiger partial charge in [-0.15, -0.1) is 0 Å². The van der Waals surface area contributed by atoms with Gasteiger partial charge in [-0.25, -0.2) is 0 Å². The van der Waals surface area contributed by atoms with Crippen LogP contribution in [0.4, 0.5) is 0 Å². The molecule has 1 unspecified atom stereocenters. The van der Waals surface area contributed by atoms with Gasteiger partial charge in [-0.3, -0.25) is 0 Å². The average molecular weight is 355 g/mol. The second-order valence-electron chi connectivity index (χ2n) is 4.66. The molecule has 0 radical (unpaired) electrons. The second kappa shape index (κ2) is 7.11. The Morgan fingerprint density at radius 3 is 2.45 bits per heavy atom. The van der Waals surface area contributed by atoms with E-state index in [9.17, 15) is 0 Å². The lowest BCUT2D eigenvalue weighted by molar-refractivity contribution is 0.412. The van der Waals surface area contributed by atoms with Gasteiger partial charge in [0.2, 0.25) is 0 Å². The third kappa shape index (κ3) is 3.75. The Morgan fingerprint density at radius 1 is 1.20 bits per heavy atom. The minimum absolute atomic E-state index is 0.285. The highest BCUT2D eigenvalue weighted by atomic mass is 79.9. The fourth-order valence-electron chi connectivity index (χ4n) is 2.19. The summed E-state index contributed by atoms with van der Waals surface area (Å²) < 4.78 is 6.21. The number of halogens is 2. The molecule has 0 aliphatic heterocycles. The summed E-state index contributed by atoms with van der Waals surface area (Å²) in [7, 11) is 1.66. The SMILES string of the molecule is COc1ccc(CC(CN)c2ccc(Cl)cc2)cc1Br. The van der Waals surface area contributed by atoms with E-state index in [1.807, 2.05) is 30.3 Å². The number of methoxy groups -OCH3 is 1. The van der Waals surface area contributed by atoms with Gasteiger partial charge in [0.1, 0.15) is 5.75 Å². The van der Waals surface area contributed by atoms with E-state index >= 15 is 0 Å². The first kappa shape index (κ1) is 15.4. The summed E-state index contributed by atoms with van der Waals surface area (Å²) >= 11 is 9.43. The molecule has 1 atom stereocenters. The van der Waals surface area contributed by atoms with Crippen LogP contribution in [0.3, 0.4) is 0 Å². The molecule has 0 aliphatic carbocycles. The first-order chi connectivity index (χ1) is 9.63. The number of nitrogens with two attached hydrogens (primary N) is 1. The van der Waals surface area contributed by atoms with Gasteiger partial charge in [0.05, 0.1) is 11.6 Å². The highest BCUT2D eigenvalue weighted by Crippen LogP contribution is 2.28. The maximum Gasteiger partial charge on any atom is 0.133 e. The molecule has 0 aliphatic rings. The van der Waals surface area contributed by atoms with Crippen LogP contribution in [0.1, 0.15) is 17.0 Å². The van der Waals surface area contributed by atoms with Gasteiger partial charge < -0.3 is 10.5 Å². The van der Waals surface area contributed by atoms with E-state index < -0.39 is 0 Å². The average Bonchev–Trinajstić information content (AvgIpc) is 2.46. The van der Waals surface area contributed by atoms with E-state index in [-0.39, 0.29) is 5.92 Å². The maximum atomic E-state index is 5.92. The predicted molar refractivity (Wildman–Crippen MR) is 87.6 cm³/mol. The molecule has 2 N–H and O–H groups in total. The Bertz CT molecular complexity index is 571. The largest absolute Gasteiger partial charge is 0.496 e. The number of hydrogen-bond donors (Lipinski definition) is 1. The van der Waals surface area contributed by atoms with Crippen LogP contribution in [0, 0.1) is 0 Å². The van der Waals surface area contributed by atoms with E-state index in [0.29, 0.717) is 6.54 Å². The van der Waals surface area contributed by atoms with Crippen LogP contribution in [-0.2, 0) is 6.42 Å². The zero-order valence-corrected chi connectivity index (χ0v) is 13.6. The Hall–Kier alpha value is -1.03. The summed E-state index contributed by atoms with van der Waals surface area (Å²) in [6, 6.07) is 14.0. The van der Waals surface area contributed by atoms with Gasteiger partial charge in [0, 0.05) is 10.9 Å². The van der Waals surface area contributed by atoms with Crippen molar-refractivity contribution in [3.8, 4) is 5.75 Å². The molecule has 2 aromatic carbocycles. The Kier molecular flexibility index (Phi) is 5.46. The van der Waals surface area contributed by atoms with Crippen molar-refractivity contribution in [3.63, 3.8) is 0 Å². The van der Waals surface area contributed by atoms with Crippen LogP contribution in [0.25, 0.3) is 0 Å². The van der Waals surface area contributed by atoms with Crippen molar-refractivity contribution in [2.75, 3.05) is 13.7 Å². The van der Waals surface area contributed by atoms with Crippen LogP contribution < -0.4 is 10.5 Å². The first-order valence-corrected chi connectivity index (χ1v) is 7.59. The van der Waals surface area contributed by atoms with Gasteiger partial charge in [-0.2, -0.15) is 0 Å². The Morgan fingerprint density at radius 2 is 1.90 bits per heavy atom. The molecule has 0 saturated heterocycles. The molecule has 0 fully saturated rings. The molecular formula is C16H17BrClNO. The standard InChI is InChI=1S/C16H17BrClNO/c1-20-16-7-2-11(9-15(16)17)8-13(10-19)12-3-5-14(18)6-4-12/h2-7,9,13H,8,10,19H2,1H3. The molecule has 2 rings (SSSR count). The van der Waals surface area contributed by atoms with Gasteiger partial charge >= 0.3 is 0 Å². The minimum atomic E-state index is 0.285. The summed E-state index contributed by atoms with van der Waals surface area (Å²) in [4.78, 5) is 0. The fraction of sp³-hybridized carbons (Fsp3) is 0.250. The third-order valence-corrected chi connectivity index (χ3v) is 4.20. The molecule has 0 bridgehead atoms. The van der Waals surface area contributed by atoms with Crippen LogP contribution in [0.15, 0.2) is 46.9 Å². The molecule has 106 valence electrons. The molecule has 0 heterocycles. The molecule has 0 aromatic heterocycles. The monoisotopic (exact) mass is 353 g/mol. The first-order valence-electron chi connectivity index (χ1n) is 6.42. The van der Waals surface area contributed by atoms with Crippen molar-refractivity contribution in [2.45, 2.75) is 12.3 Å². The smallest absolute Gasteiger partial charge is 0.133 e. The summed E-state index contributed by atoms with van der Waals surface area (Å²) in [6.07, 6.45) is 0.890. The fourth-order valence-corrected chi connectivity index (χ4v) is 2.91. The molecule has 0 saturated carbocycles. The predicted octanol–water partition coefficient (Wildman–Crippen LogP) is 4.40. The lowest BCUT2D eigenvalue weighted by Gasteiger charge is -2.16. The summed E-state index contributed by atoms with van der Waals surface area (Å²) in [5.41, 5.74) is 8.35. The lowest BCUT2D eigenvalue weighted by atomic mass is 9.92. The van der Waals surface area contributed by atoms with E-state index in [4.69, 9.17) is 22.1 Å². The third-order valence-electron chi connectivity index (χ3n) is 3.32. The lowest BCUT2D eigenvalue weighted by Crippen LogP contribution is -2.15. The molecule has 20 heavy (non-hydrogen) atoms. The maximum absolute atomic E-state index is 5.92. The van der Waals surface area contributed by atoms with Crippen molar-refractivity contribution >= 4 is 27.5 Å². The van der Waals surface area contributed by atoms with Gasteiger partial charge in [0.15, 0.2) is 0 Å². The number of rotatable bonds is 5. The van der Waals surface area contributed by atoms with Crippen molar-refractivity contribution in [1.82, 2.24) is 0 Å². The molecule has 0 spiro atoms. The van der Waals surface area contributed by atoms with E-state index in [1.54, 1.807) is 7.11 Å². The van der Waals surface area contributed by atoms with E-state index in [1.165, 1.54) is 11.1 Å². The van der Waals surface area contributed by atoms with Gasteiger partial charge in [0.25, 0.3) is 0 Å². The number of hydrogen-bond acceptors (Lipinski definition) is 2. The minimum Gasteiger partial charge on any atom is -0.496 e. The Balaban J connectivity index is 2.17. The molecular weight excluding hydrogens is 338 g/mol. The van der Waals surface area contributed by atoms with Crippen LogP contribution >= 0.6 is 27.5 Å². The van der Waals surface area contributed by atoms with E-state index in [2.05, 4.69) is 28.1 Å². The van der Waals surface area contributed by atoms with Gasteiger partial charge in [-0.1, -0.05) is 29.8 Å². The summed E-state index contributed by atoms with van der Waals surface area (Å²) in [6.45, 7) is 0.602. The van der Waals surface area contributed by atoms with Crippen LogP contribution in [-0.4, -0.2) is 13.7 Å². The van der Waals surface area contributed by atoms with Crippen molar-refractivity contribution in [3.05, 3.63) is 63.1 Å². The number of ether oxygens (including phenoxy) is 1. The zero-order valence-electron chi connectivity index (χ0n) is 11.3. The quantitative estimate of drug-likeness (QED) is 0.864. The van der Waals surface area contributed by atoms with E-state index in [0.717, 1.165) is 21.7 Å². The molecule has 4 heteroatoms. The van der Waals surface area contributed by atoms with Crippen LogP contribution in [0.2, 0.25) is 5.02 Å². The number of benzene rings is 2. The van der Waals surface area contributed by atoms with Gasteiger partial charge in [-0.05, 0) is 64.3 Å².